The van der Waals surface area contributed by atoms with Gasteiger partial charge in [-0.1, -0.05) is 20.8 Å². The predicted molar refractivity (Wildman–Crippen MR) is 67.8 cm³/mol. The van der Waals surface area contributed by atoms with E-state index in [0.29, 0.717) is 24.9 Å². The summed E-state index contributed by atoms with van der Waals surface area (Å²) >= 11 is 0. The van der Waals surface area contributed by atoms with E-state index >= 15 is 0 Å². The van der Waals surface area contributed by atoms with Crippen molar-refractivity contribution in [3.8, 4) is 0 Å². The van der Waals surface area contributed by atoms with Crippen molar-refractivity contribution in [2.45, 2.75) is 45.8 Å². The molecule has 1 heterocycles. The maximum Gasteiger partial charge on any atom is 0.117 e. The molecule has 2 rings (SSSR count). The van der Waals surface area contributed by atoms with Crippen LogP contribution in [0, 0.1) is 11.8 Å². The molecule has 0 spiro atoms. The van der Waals surface area contributed by atoms with Gasteiger partial charge in [-0.15, -0.1) is 0 Å². The molecule has 2 N–H and O–H groups in total. The molecule has 17 heavy (non-hydrogen) atoms. The molecule has 0 aliphatic heterocycles. The molecule has 96 valence electrons. The van der Waals surface area contributed by atoms with Gasteiger partial charge in [0.1, 0.15) is 11.5 Å². The van der Waals surface area contributed by atoms with Crippen LogP contribution in [0.4, 0.5) is 0 Å². The van der Waals surface area contributed by atoms with E-state index in [1.54, 1.807) is 0 Å². The zero-order chi connectivity index (χ0) is 12.4. The lowest BCUT2D eigenvalue weighted by atomic mass is 10.1. The minimum atomic E-state index is -0.284. The Bertz CT molecular complexity index is 359. The van der Waals surface area contributed by atoms with Gasteiger partial charge in [-0.25, -0.2) is 0 Å². The van der Waals surface area contributed by atoms with Crippen molar-refractivity contribution in [1.29, 1.82) is 0 Å². The summed E-state index contributed by atoms with van der Waals surface area (Å²) in [5.41, 5.74) is 0. The normalized spacial score (nSPS) is 25.2. The topological polar surface area (TPSA) is 45.4 Å². The number of furan rings is 1. The highest BCUT2D eigenvalue weighted by Gasteiger charge is 2.36. The SMILES string of the molecule is CC(C)C(O)CNCc1ccc(C2CC2C)o1. The summed E-state index contributed by atoms with van der Waals surface area (Å²) in [5, 5.41) is 12.9. The van der Waals surface area contributed by atoms with Crippen molar-refractivity contribution in [2.75, 3.05) is 6.54 Å². The second kappa shape index (κ2) is 5.23. The second-order valence-electron chi connectivity index (χ2n) is 5.57. The van der Waals surface area contributed by atoms with Crippen LogP contribution < -0.4 is 5.32 Å². The van der Waals surface area contributed by atoms with Gasteiger partial charge in [0.15, 0.2) is 0 Å². The molecule has 1 aromatic heterocycles. The van der Waals surface area contributed by atoms with E-state index in [4.69, 9.17) is 4.42 Å². The number of hydrogen-bond donors (Lipinski definition) is 2. The Morgan fingerprint density at radius 1 is 1.47 bits per heavy atom. The van der Waals surface area contributed by atoms with Gasteiger partial charge < -0.3 is 14.8 Å². The van der Waals surface area contributed by atoms with Gasteiger partial charge in [0.2, 0.25) is 0 Å². The standard InChI is InChI=1S/C14H23NO2/c1-9(2)13(16)8-15-7-11-4-5-14(17-11)12-6-10(12)3/h4-5,9-10,12-13,15-16H,6-8H2,1-3H3. The molecule has 0 aromatic carbocycles. The van der Waals surface area contributed by atoms with Crippen LogP contribution in [0.2, 0.25) is 0 Å². The Morgan fingerprint density at radius 2 is 2.18 bits per heavy atom. The summed E-state index contributed by atoms with van der Waals surface area (Å²) < 4.78 is 5.78. The predicted octanol–water partition coefficient (Wildman–Crippen LogP) is 2.51. The quantitative estimate of drug-likeness (QED) is 0.799. The fourth-order valence-corrected chi connectivity index (χ4v) is 1.99. The first-order chi connectivity index (χ1) is 8.08. The average Bonchev–Trinajstić information content (AvgIpc) is 2.83. The third kappa shape index (κ3) is 3.33. The van der Waals surface area contributed by atoms with E-state index in [1.165, 1.54) is 6.42 Å². The van der Waals surface area contributed by atoms with E-state index in [0.717, 1.165) is 17.4 Å². The lowest BCUT2D eigenvalue weighted by Gasteiger charge is -2.14. The molecule has 0 radical (unpaired) electrons. The number of aliphatic hydroxyl groups is 1. The van der Waals surface area contributed by atoms with E-state index in [-0.39, 0.29) is 6.10 Å². The van der Waals surface area contributed by atoms with E-state index < -0.39 is 0 Å². The summed E-state index contributed by atoms with van der Waals surface area (Å²) in [6.07, 6.45) is 0.972. The van der Waals surface area contributed by atoms with Crippen molar-refractivity contribution < 1.29 is 9.52 Å². The Balaban J connectivity index is 1.74. The van der Waals surface area contributed by atoms with Gasteiger partial charge in [0, 0.05) is 12.5 Å². The second-order valence-corrected chi connectivity index (χ2v) is 5.57. The summed E-state index contributed by atoms with van der Waals surface area (Å²) in [6.45, 7) is 7.61. The van der Waals surface area contributed by atoms with Crippen LogP contribution in [-0.4, -0.2) is 17.8 Å². The Hall–Kier alpha value is -0.800. The number of rotatable bonds is 6. The molecular weight excluding hydrogens is 214 g/mol. The highest BCUT2D eigenvalue weighted by molar-refractivity contribution is 5.17. The van der Waals surface area contributed by atoms with Crippen molar-refractivity contribution in [3.05, 3.63) is 23.7 Å². The van der Waals surface area contributed by atoms with Crippen LogP contribution in [0.5, 0.6) is 0 Å². The minimum Gasteiger partial charge on any atom is -0.464 e. The third-order valence-electron chi connectivity index (χ3n) is 3.58. The van der Waals surface area contributed by atoms with Crippen molar-refractivity contribution >= 4 is 0 Å². The highest BCUT2D eigenvalue weighted by atomic mass is 16.3. The van der Waals surface area contributed by atoms with Crippen LogP contribution in [0.3, 0.4) is 0 Å². The van der Waals surface area contributed by atoms with Gasteiger partial charge in [-0.05, 0) is 30.4 Å². The molecular formula is C14H23NO2. The average molecular weight is 237 g/mol. The molecule has 1 saturated carbocycles. The monoisotopic (exact) mass is 237 g/mol. The van der Waals surface area contributed by atoms with Crippen molar-refractivity contribution in [2.24, 2.45) is 11.8 Å². The van der Waals surface area contributed by atoms with Gasteiger partial charge >= 0.3 is 0 Å². The van der Waals surface area contributed by atoms with Crippen LogP contribution in [0.25, 0.3) is 0 Å². The minimum absolute atomic E-state index is 0.284. The molecule has 1 aliphatic rings. The molecule has 1 fully saturated rings. The first-order valence-corrected chi connectivity index (χ1v) is 6.55. The smallest absolute Gasteiger partial charge is 0.117 e. The maximum atomic E-state index is 9.65. The molecule has 0 bridgehead atoms. The lowest BCUT2D eigenvalue weighted by molar-refractivity contribution is 0.122. The zero-order valence-electron chi connectivity index (χ0n) is 10.9. The molecule has 1 aromatic rings. The molecule has 0 amide bonds. The summed E-state index contributed by atoms with van der Waals surface area (Å²) in [5.74, 6) is 3.81. The Labute approximate surface area is 103 Å². The molecule has 3 nitrogen and oxygen atoms in total. The Kier molecular flexibility index (Phi) is 3.89. The summed E-state index contributed by atoms with van der Waals surface area (Å²) in [7, 11) is 0. The van der Waals surface area contributed by atoms with E-state index in [9.17, 15) is 5.11 Å². The molecule has 3 unspecified atom stereocenters. The van der Waals surface area contributed by atoms with Crippen molar-refractivity contribution in [1.82, 2.24) is 5.32 Å². The number of aliphatic hydroxyl groups excluding tert-OH is 1. The number of nitrogens with one attached hydrogen (secondary N) is 1. The van der Waals surface area contributed by atoms with Gasteiger partial charge in [-0.2, -0.15) is 0 Å². The maximum absolute atomic E-state index is 9.65. The fourth-order valence-electron chi connectivity index (χ4n) is 1.99. The van der Waals surface area contributed by atoms with Gasteiger partial charge in [0.25, 0.3) is 0 Å². The summed E-state index contributed by atoms with van der Waals surface area (Å²) in [4.78, 5) is 0. The first-order valence-electron chi connectivity index (χ1n) is 6.55. The fraction of sp³-hybridized carbons (Fsp3) is 0.714. The van der Waals surface area contributed by atoms with E-state index in [1.807, 2.05) is 19.9 Å². The van der Waals surface area contributed by atoms with Gasteiger partial charge in [-0.3, -0.25) is 0 Å². The van der Waals surface area contributed by atoms with Crippen LogP contribution >= 0.6 is 0 Å². The number of hydrogen-bond acceptors (Lipinski definition) is 3. The Morgan fingerprint density at radius 3 is 2.76 bits per heavy atom. The van der Waals surface area contributed by atoms with Crippen LogP contribution in [0.15, 0.2) is 16.5 Å². The first kappa shape index (κ1) is 12.7. The summed E-state index contributed by atoms with van der Waals surface area (Å²) in [6, 6.07) is 4.12. The van der Waals surface area contributed by atoms with Crippen molar-refractivity contribution in [3.63, 3.8) is 0 Å². The van der Waals surface area contributed by atoms with Crippen LogP contribution in [-0.2, 0) is 6.54 Å². The molecule has 0 saturated heterocycles. The third-order valence-corrected chi connectivity index (χ3v) is 3.58. The molecule has 1 aliphatic carbocycles. The van der Waals surface area contributed by atoms with Gasteiger partial charge in [0.05, 0.1) is 12.6 Å². The van der Waals surface area contributed by atoms with E-state index in [2.05, 4.69) is 18.3 Å². The lowest BCUT2D eigenvalue weighted by Crippen LogP contribution is -2.30. The molecule has 3 atom stereocenters. The zero-order valence-corrected chi connectivity index (χ0v) is 10.9. The largest absolute Gasteiger partial charge is 0.464 e. The highest BCUT2D eigenvalue weighted by Crippen LogP contribution is 2.47. The molecule has 3 heteroatoms. The van der Waals surface area contributed by atoms with Crippen LogP contribution in [0.1, 0.15) is 44.6 Å².